The zero-order valence-corrected chi connectivity index (χ0v) is 16.6. The van der Waals surface area contributed by atoms with Crippen LogP contribution in [0, 0.1) is 12.8 Å². The molecule has 2 aromatic rings. The molecular formula is C23H25N3O3. The molecule has 1 aromatic heterocycles. The highest BCUT2D eigenvalue weighted by Crippen LogP contribution is 2.48. The molecular weight excluding hydrogens is 366 g/mol. The Morgan fingerprint density at radius 1 is 1.07 bits per heavy atom. The van der Waals surface area contributed by atoms with Crippen LogP contribution < -0.4 is 9.47 Å². The molecule has 0 radical (unpaired) electrons. The molecule has 0 saturated carbocycles. The number of pyridine rings is 1. The molecule has 29 heavy (non-hydrogen) atoms. The number of nitrogens with zero attached hydrogens (tertiary/aromatic N) is 3. The minimum Gasteiger partial charge on any atom is -0.454 e. The first-order valence-electron chi connectivity index (χ1n) is 10.6. The van der Waals surface area contributed by atoms with Gasteiger partial charge in [-0.2, -0.15) is 0 Å². The molecule has 0 aliphatic carbocycles. The standard InChI is InChI=1S/C23H25N3O3/c1-14-3-2-4-18(24-14)23(27)26-12-17(16-5-6-19-20(11-16)29-13-28-19)22-21(26)15-7-9-25(22)10-8-15/h2-6,11,15,17,21-22H,7-10,12-13H2,1H3/t17-,21+,22+/m0/s1. The highest BCUT2D eigenvalue weighted by atomic mass is 16.7. The van der Waals surface area contributed by atoms with Crippen LogP contribution in [0.15, 0.2) is 36.4 Å². The van der Waals surface area contributed by atoms with Gasteiger partial charge < -0.3 is 14.4 Å². The fraction of sp³-hybridized carbons (Fsp3) is 0.478. The second-order valence-electron chi connectivity index (χ2n) is 8.70. The lowest BCUT2D eigenvalue weighted by Gasteiger charge is -2.51. The minimum atomic E-state index is 0.0701. The van der Waals surface area contributed by atoms with E-state index in [-0.39, 0.29) is 24.7 Å². The summed E-state index contributed by atoms with van der Waals surface area (Å²) >= 11 is 0. The summed E-state index contributed by atoms with van der Waals surface area (Å²) in [6, 6.07) is 12.6. The van der Waals surface area contributed by atoms with Gasteiger partial charge >= 0.3 is 0 Å². The van der Waals surface area contributed by atoms with Crippen molar-refractivity contribution in [2.24, 2.45) is 5.92 Å². The Morgan fingerprint density at radius 2 is 1.90 bits per heavy atom. The van der Waals surface area contributed by atoms with E-state index in [2.05, 4.69) is 26.9 Å². The lowest BCUT2D eigenvalue weighted by molar-refractivity contribution is -0.00359. The highest BCUT2D eigenvalue weighted by Gasteiger charge is 2.55. The number of aromatic nitrogens is 1. The van der Waals surface area contributed by atoms with Gasteiger partial charge in [-0.3, -0.25) is 9.69 Å². The first kappa shape index (κ1) is 17.3. The quantitative estimate of drug-likeness (QED) is 0.788. The van der Waals surface area contributed by atoms with Gasteiger partial charge in [0.05, 0.1) is 6.04 Å². The number of benzene rings is 1. The molecule has 1 amide bonds. The number of carbonyl (C=O) groups is 1. The van der Waals surface area contributed by atoms with E-state index in [9.17, 15) is 4.79 Å². The number of amides is 1. The lowest BCUT2D eigenvalue weighted by Crippen LogP contribution is -2.60. The molecule has 4 saturated heterocycles. The summed E-state index contributed by atoms with van der Waals surface area (Å²) < 4.78 is 11.1. The van der Waals surface area contributed by atoms with Crippen LogP contribution in [0.1, 0.15) is 40.5 Å². The van der Waals surface area contributed by atoms with Gasteiger partial charge in [-0.25, -0.2) is 4.98 Å². The molecule has 0 N–H and O–H groups in total. The maximum atomic E-state index is 13.5. The van der Waals surface area contributed by atoms with E-state index in [4.69, 9.17) is 9.47 Å². The van der Waals surface area contributed by atoms with Crippen molar-refractivity contribution >= 4 is 5.91 Å². The van der Waals surface area contributed by atoms with E-state index in [1.165, 1.54) is 18.4 Å². The molecule has 1 aromatic carbocycles. The molecule has 4 fully saturated rings. The van der Waals surface area contributed by atoms with Crippen LogP contribution in [0.5, 0.6) is 11.5 Å². The fourth-order valence-corrected chi connectivity index (χ4v) is 5.90. The molecule has 6 heterocycles. The number of rotatable bonds is 2. The van der Waals surface area contributed by atoms with E-state index in [0.29, 0.717) is 17.7 Å². The van der Waals surface area contributed by atoms with Crippen LogP contribution in [-0.4, -0.2) is 59.2 Å². The number of hydrogen-bond donors (Lipinski definition) is 0. The Hall–Kier alpha value is -2.60. The summed E-state index contributed by atoms with van der Waals surface area (Å²) in [6.45, 7) is 5.23. The van der Waals surface area contributed by atoms with Crippen LogP contribution >= 0.6 is 0 Å². The molecule has 5 aliphatic heterocycles. The predicted molar refractivity (Wildman–Crippen MR) is 107 cm³/mol. The average molecular weight is 391 g/mol. The van der Waals surface area contributed by atoms with E-state index >= 15 is 0 Å². The molecule has 150 valence electrons. The van der Waals surface area contributed by atoms with Crippen molar-refractivity contribution in [2.45, 2.75) is 37.8 Å². The fourth-order valence-electron chi connectivity index (χ4n) is 5.90. The topological polar surface area (TPSA) is 54.9 Å². The van der Waals surface area contributed by atoms with Crippen LogP contribution in [-0.2, 0) is 0 Å². The lowest BCUT2D eigenvalue weighted by atomic mass is 9.75. The van der Waals surface area contributed by atoms with Crippen LogP contribution in [0.2, 0.25) is 0 Å². The number of aryl methyl sites for hydroxylation is 1. The summed E-state index contributed by atoms with van der Waals surface area (Å²) in [5, 5.41) is 0. The van der Waals surface area contributed by atoms with Gasteiger partial charge in [-0.15, -0.1) is 0 Å². The Morgan fingerprint density at radius 3 is 2.72 bits per heavy atom. The van der Waals surface area contributed by atoms with Crippen LogP contribution in [0.4, 0.5) is 0 Å². The Bertz CT molecular complexity index is 970. The van der Waals surface area contributed by atoms with Crippen LogP contribution in [0.25, 0.3) is 0 Å². The predicted octanol–water partition coefficient (Wildman–Crippen LogP) is 2.82. The summed E-state index contributed by atoms with van der Waals surface area (Å²) in [6.07, 6.45) is 2.36. The third-order valence-electron chi connectivity index (χ3n) is 7.19. The second-order valence-corrected chi connectivity index (χ2v) is 8.70. The summed E-state index contributed by atoms with van der Waals surface area (Å²) in [7, 11) is 0. The zero-order chi connectivity index (χ0) is 19.5. The Labute approximate surface area is 170 Å². The Balaban J connectivity index is 1.38. The average Bonchev–Trinajstić information content (AvgIpc) is 3.39. The van der Waals surface area contributed by atoms with E-state index in [1.54, 1.807) is 0 Å². The highest BCUT2D eigenvalue weighted by molar-refractivity contribution is 5.93. The number of carbonyl (C=O) groups excluding carboxylic acids is 1. The van der Waals surface area contributed by atoms with Gasteiger partial charge in [0, 0.05) is 24.2 Å². The zero-order valence-electron chi connectivity index (χ0n) is 16.6. The molecule has 2 bridgehead atoms. The number of ether oxygens (including phenoxy) is 2. The maximum absolute atomic E-state index is 13.5. The van der Waals surface area contributed by atoms with Crippen molar-refractivity contribution in [2.75, 3.05) is 26.4 Å². The van der Waals surface area contributed by atoms with E-state index < -0.39 is 0 Å². The van der Waals surface area contributed by atoms with Crippen LogP contribution in [0.3, 0.4) is 0 Å². The minimum absolute atomic E-state index is 0.0701. The Kier molecular flexibility index (Phi) is 3.85. The third-order valence-corrected chi connectivity index (χ3v) is 7.19. The number of likely N-dealkylation sites (tertiary alicyclic amines) is 1. The third kappa shape index (κ3) is 2.65. The van der Waals surface area contributed by atoms with Gasteiger partial charge in [0.15, 0.2) is 11.5 Å². The molecule has 6 nitrogen and oxygen atoms in total. The van der Waals surface area contributed by atoms with Gasteiger partial charge in [0.25, 0.3) is 5.91 Å². The first-order valence-corrected chi connectivity index (χ1v) is 10.6. The van der Waals surface area contributed by atoms with E-state index in [0.717, 1.165) is 36.8 Å². The molecule has 0 spiro atoms. The molecule has 7 rings (SSSR count). The largest absolute Gasteiger partial charge is 0.454 e. The smallest absolute Gasteiger partial charge is 0.272 e. The molecule has 6 heteroatoms. The van der Waals surface area contributed by atoms with Crippen molar-refractivity contribution < 1.29 is 14.3 Å². The van der Waals surface area contributed by atoms with Crippen molar-refractivity contribution in [3.05, 3.63) is 53.3 Å². The second kappa shape index (κ2) is 6.46. The molecule has 0 unspecified atom stereocenters. The van der Waals surface area contributed by atoms with Gasteiger partial charge in [0.1, 0.15) is 5.69 Å². The molecule has 3 atom stereocenters. The van der Waals surface area contributed by atoms with Crippen molar-refractivity contribution in [3.8, 4) is 11.5 Å². The summed E-state index contributed by atoms with van der Waals surface area (Å²) in [5.74, 6) is 2.57. The van der Waals surface area contributed by atoms with Crippen molar-refractivity contribution in [1.29, 1.82) is 0 Å². The number of hydrogen-bond acceptors (Lipinski definition) is 5. The van der Waals surface area contributed by atoms with Gasteiger partial charge in [-0.1, -0.05) is 12.1 Å². The van der Waals surface area contributed by atoms with Crippen molar-refractivity contribution in [3.63, 3.8) is 0 Å². The SMILES string of the molecule is Cc1cccc(C(=O)N2C[C@@H](c3ccc4c(c3)OCO4)[C@@H]3[C@H]2C2CCN3CC2)n1. The monoisotopic (exact) mass is 391 g/mol. The normalized spacial score (nSPS) is 31.8. The summed E-state index contributed by atoms with van der Waals surface area (Å²) in [5.41, 5.74) is 2.68. The number of fused-ring (bicyclic) bond motifs is 3. The summed E-state index contributed by atoms with van der Waals surface area (Å²) in [4.78, 5) is 22.7. The molecule has 5 aliphatic rings. The van der Waals surface area contributed by atoms with Crippen molar-refractivity contribution in [1.82, 2.24) is 14.8 Å². The first-order chi connectivity index (χ1) is 14.2. The van der Waals surface area contributed by atoms with Gasteiger partial charge in [-0.05, 0) is 68.6 Å². The number of piperidine rings is 3. The van der Waals surface area contributed by atoms with Gasteiger partial charge in [0.2, 0.25) is 6.79 Å². The van der Waals surface area contributed by atoms with E-state index in [1.807, 2.05) is 31.2 Å². The maximum Gasteiger partial charge on any atom is 0.272 e.